The molecular formula is C63H73N17O15S5. The molecule has 530 valence electrons. The summed E-state index contributed by atoms with van der Waals surface area (Å²) in [6.07, 6.45) is 2.76. The van der Waals surface area contributed by atoms with Gasteiger partial charge in [-0.15, -0.1) is 20.5 Å². The van der Waals surface area contributed by atoms with Gasteiger partial charge in [0.05, 0.1) is 101 Å². The topological polar surface area (TPSA) is 409 Å². The predicted octanol–water partition coefficient (Wildman–Crippen LogP) is 10.3. The molecule has 2 saturated heterocycles. The Labute approximate surface area is 588 Å². The van der Waals surface area contributed by atoms with Gasteiger partial charge < -0.3 is 64.9 Å². The molecule has 0 aliphatic carbocycles. The van der Waals surface area contributed by atoms with Crippen molar-refractivity contribution in [3.8, 4) is 11.5 Å². The highest BCUT2D eigenvalue weighted by atomic mass is 32.2. The van der Waals surface area contributed by atoms with Crippen LogP contribution in [-0.2, 0) is 48.9 Å². The third-order valence-corrected chi connectivity index (χ3v) is 19.4. The number of thioether (sulfide) groups is 1. The van der Waals surface area contributed by atoms with Crippen molar-refractivity contribution >= 4 is 169 Å². The first-order chi connectivity index (χ1) is 47.9. The van der Waals surface area contributed by atoms with Crippen LogP contribution in [0.5, 0.6) is 11.5 Å². The maximum absolute atomic E-state index is 13.8. The van der Waals surface area contributed by atoms with Crippen LogP contribution in [0.3, 0.4) is 0 Å². The zero-order valence-electron chi connectivity index (χ0n) is 55.6. The second-order valence-electron chi connectivity index (χ2n) is 21.6. The number of thiazole rings is 2. The van der Waals surface area contributed by atoms with Gasteiger partial charge in [0.2, 0.25) is 22.2 Å². The Kier molecular flexibility index (Phi) is 25.5. The van der Waals surface area contributed by atoms with Gasteiger partial charge in [-0.2, -0.15) is 41.8 Å². The maximum Gasteiger partial charge on any atom is 0.294 e. The number of rotatable bonds is 31. The smallest absolute Gasteiger partial charge is 0.294 e. The first-order valence-corrected chi connectivity index (χ1v) is 36.7. The Morgan fingerprint density at radius 3 is 1.35 bits per heavy atom. The normalized spacial score (nSPS) is 13.9. The number of amides is 2. The maximum atomic E-state index is 13.8. The minimum Gasteiger partial charge on any atom is -0.494 e. The zero-order chi connectivity index (χ0) is 71.8. The summed E-state index contributed by atoms with van der Waals surface area (Å²) in [6, 6.07) is 16.9. The number of methoxy groups -OCH3 is 2. The fourth-order valence-corrected chi connectivity index (χ4v) is 13.6. The number of anilines is 10. The van der Waals surface area contributed by atoms with Gasteiger partial charge >= 0.3 is 0 Å². The number of ether oxygens (including phenoxy) is 4. The van der Waals surface area contributed by atoms with Crippen molar-refractivity contribution in [1.82, 2.24) is 24.9 Å². The van der Waals surface area contributed by atoms with E-state index < -0.39 is 53.4 Å². The van der Waals surface area contributed by atoms with E-state index in [9.17, 15) is 50.2 Å². The Hall–Kier alpha value is -9.44. The molecule has 7 N–H and O–H groups in total. The van der Waals surface area contributed by atoms with Gasteiger partial charge in [-0.3, -0.25) is 28.3 Å². The Morgan fingerprint density at radius 2 is 1.00 bits per heavy atom. The molecule has 4 aromatic carbocycles. The molecule has 2 aliphatic rings. The van der Waals surface area contributed by atoms with Crippen molar-refractivity contribution in [2.75, 3.05) is 146 Å². The van der Waals surface area contributed by atoms with Gasteiger partial charge in [0.15, 0.2) is 16.7 Å². The minimum absolute atomic E-state index is 0.00864. The van der Waals surface area contributed by atoms with Crippen molar-refractivity contribution in [2.24, 2.45) is 20.5 Å². The van der Waals surface area contributed by atoms with Crippen LogP contribution in [0, 0.1) is 0 Å². The number of azo groups is 2. The summed E-state index contributed by atoms with van der Waals surface area (Å²) in [5.41, 5.74) is 1.94. The van der Waals surface area contributed by atoms with Gasteiger partial charge in [0.1, 0.15) is 34.5 Å². The molecule has 100 heavy (non-hydrogen) atoms. The van der Waals surface area contributed by atoms with Gasteiger partial charge in [-0.1, -0.05) is 46.6 Å². The minimum atomic E-state index is -4.61. The number of nitrogens with zero attached hydrogens (tertiary/aromatic N) is 13. The van der Waals surface area contributed by atoms with E-state index in [4.69, 9.17) is 54.1 Å². The lowest BCUT2D eigenvalue weighted by molar-refractivity contribution is -0.120. The lowest BCUT2D eigenvalue weighted by atomic mass is 10.1. The summed E-state index contributed by atoms with van der Waals surface area (Å²) in [5.74, 6) is -1.04. The molecular weight excluding hydrogens is 1400 g/mol. The molecule has 5 heterocycles. The van der Waals surface area contributed by atoms with Gasteiger partial charge in [-0.25, -0.2) is 0 Å². The van der Waals surface area contributed by atoms with Crippen molar-refractivity contribution in [3.63, 3.8) is 0 Å². The van der Waals surface area contributed by atoms with Crippen LogP contribution in [0.25, 0.3) is 12.2 Å². The predicted molar refractivity (Wildman–Crippen MR) is 383 cm³/mol. The van der Waals surface area contributed by atoms with Crippen molar-refractivity contribution in [1.29, 1.82) is 0 Å². The summed E-state index contributed by atoms with van der Waals surface area (Å²) in [7, 11) is -6.18. The fourth-order valence-electron chi connectivity index (χ4n) is 10.2. The number of aliphatic hydroxyl groups excluding tert-OH is 1. The van der Waals surface area contributed by atoms with Crippen LogP contribution in [-0.4, -0.2) is 185 Å². The van der Waals surface area contributed by atoms with Crippen LogP contribution >= 0.6 is 34.4 Å². The van der Waals surface area contributed by atoms with E-state index in [1.807, 2.05) is 49.6 Å². The van der Waals surface area contributed by atoms with Gasteiger partial charge in [0.25, 0.3) is 32.1 Å². The third kappa shape index (κ3) is 19.1. The Bertz CT molecular complexity index is 4250. The largest absolute Gasteiger partial charge is 0.494 e. The molecule has 3 aromatic heterocycles. The third-order valence-electron chi connectivity index (χ3n) is 15.2. The molecule has 0 unspecified atom stereocenters. The SMILES string of the molecule is CCN(CC)c1cc(Nc2nc(Nc3cc(N(CC)CC)c(OC)cc3N=Nc3nc(N4CCOCC4)c(/C=C(\C(C)=O)C(=O)Nc4cccc(S(=O)(=O)O)c4)s3)nc(SCCO)n2)c(N=Nc2nc(N3CCOCC3)c(/C=C(/C(C)=O)C(=O)Nc3cccc(S(=O)(=O)O)c3)s2)cc1OC. The summed E-state index contributed by atoms with van der Waals surface area (Å²) in [4.78, 5) is 86.0. The first kappa shape index (κ1) is 74.8. The van der Waals surface area contributed by atoms with Crippen LogP contribution in [0.15, 0.2) is 119 Å². The van der Waals surface area contributed by atoms with Crippen LogP contribution < -0.4 is 50.3 Å². The average molecular weight is 1470 g/mol. The quantitative estimate of drug-likeness (QED) is 0.00530. The van der Waals surface area contributed by atoms with E-state index in [-0.39, 0.29) is 73.6 Å². The molecule has 7 aromatic rings. The molecule has 0 spiro atoms. The monoisotopic (exact) mass is 1470 g/mol. The van der Waals surface area contributed by atoms with Crippen molar-refractivity contribution < 1.29 is 69.2 Å². The number of Topliss-reactive ketones (excluding diaryl/α,β-unsaturated/α-hetero) is 2. The molecule has 0 atom stereocenters. The number of carbonyl (C=O) groups is 4. The number of ketones is 2. The number of hydrogen-bond donors (Lipinski definition) is 7. The van der Waals surface area contributed by atoms with E-state index in [2.05, 4.69) is 41.3 Å². The van der Waals surface area contributed by atoms with Gasteiger partial charge in [-0.05, 0) is 102 Å². The highest BCUT2D eigenvalue weighted by molar-refractivity contribution is 7.99. The number of nitrogens with one attached hydrogen (secondary N) is 4. The Morgan fingerprint density at radius 1 is 0.600 bits per heavy atom. The molecule has 9 rings (SSSR count). The second kappa shape index (κ2) is 34.1. The Balaban J connectivity index is 1.10. The number of hydrogen-bond acceptors (Lipinski definition) is 31. The van der Waals surface area contributed by atoms with Crippen molar-refractivity contribution in [2.45, 2.75) is 56.5 Å². The van der Waals surface area contributed by atoms with Crippen LogP contribution in [0.1, 0.15) is 51.3 Å². The number of benzene rings is 4. The lowest BCUT2D eigenvalue weighted by Gasteiger charge is -2.27. The number of aliphatic hydroxyl groups is 1. The zero-order valence-corrected chi connectivity index (χ0v) is 59.7. The molecule has 0 radical (unpaired) electrons. The average Bonchev–Trinajstić information content (AvgIpc) is 1.22. The molecule has 0 saturated carbocycles. The number of aromatic nitrogens is 5. The molecule has 0 bridgehead atoms. The fraction of sp³-hybridized carbons (Fsp3) is 0.349. The van der Waals surface area contributed by atoms with E-state index in [1.54, 1.807) is 12.1 Å². The summed E-state index contributed by atoms with van der Waals surface area (Å²) in [5, 5.41) is 41.0. The molecule has 32 nitrogen and oxygen atoms in total. The summed E-state index contributed by atoms with van der Waals surface area (Å²) >= 11 is 3.23. The molecule has 2 fully saturated rings. The van der Waals surface area contributed by atoms with Crippen LogP contribution in [0.4, 0.5) is 79.3 Å². The summed E-state index contributed by atoms with van der Waals surface area (Å²) < 4.78 is 90.1. The van der Waals surface area contributed by atoms with Crippen molar-refractivity contribution in [3.05, 3.63) is 93.7 Å². The van der Waals surface area contributed by atoms with E-state index in [1.165, 1.54) is 64.5 Å². The number of carbonyl (C=O) groups excluding carboxylic acids is 4. The molecule has 2 amide bonds. The molecule has 37 heteroatoms. The lowest BCUT2D eigenvalue weighted by Crippen LogP contribution is -2.36. The highest BCUT2D eigenvalue weighted by Crippen LogP contribution is 2.45. The number of morpholine rings is 2. The van der Waals surface area contributed by atoms with Crippen LogP contribution in [0.2, 0.25) is 0 Å². The van der Waals surface area contributed by atoms with E-state index in [0.717, 1.165) is 58.7 Å². The second-order valence-corrected chi connectivity index (χ2v) is 27.5. The van der Waals surface area contributed by atoms with Gasteiger partial charge in [0, 0.05) is 81.6 Å². The summed E-state index contributed by atoms with van der Waals surface area (Å²) in [6.45, 7) is 15.6. The first-order valence-electron chi connectivity index (χ1n) is 31.2. The molecule has 2 aliphatic heterocycles. The standard InChI is InChI=1S/C63H73N17O15S5/c1-9-77(10-2)49-33-45(47(35-51(49)92-7)73-75-62-68-55(79-19-24-94-25-20-79)53(97-62)31-43(37(5)82)57(84)64-39-15-13-17-41(29-39)99(86,87)88)66-59-70-60(72-61(71-59)96-28-23-81)67-46-34-50(78(11-3)12-4)52(93-8)36-48(46)74-76-63-69-56(80-21-26-95-27-22-80)54(98-63)32-44(38(6)83)58(85)65-40-16-14-18-42(30-40)100(89,90)91/h13-18,29-36,81H,9-12,19-28H2,1-8H3,(H,64,84)(H,65,85)(H,86,87,88)(H,89,90,91)(H2,66,67,70,71,72)/b43-31-,44-32+,75-73?,76-74?. The van der Waals surface area contributed by atoms with E-state index in [0.29, 0.717) is 134 Å². The highest BCUT2D eigenvalue weighted by Gasteiger charge is 2.27. The van der Waals surface area contributed by atoms with E-state index >= 15 is 0 Å².